The zero-order valence-electron chi connectivity index (χ0n) is 8.20. The Morgan fingerprint density at radius 1 is 1.43 bits per heavy atom. The number of nitrogens with zero attached hydrogens (tertiary/aromatic N) is 2. The van der Waals surface area contributed by atoms with Crippen molar-refractivity contribution in [3.8, 4) is 0 Å². The van der Waals surface area contributed by atoms with E-state index in [1.165, 1.54) is 0 Å². The summed E-state index contributed by atoms with van der Waals surface area (Å²) in [7, 11) is 0. The van der Waals surface area contributed by atoms with Gasteiger partial charge in [-0.15, -0.1) is 0 Å². The molecule has 72 valence electrons. The number of hydrogen-bond donors (Lipinski definition) is 2. The fourth-order valence-corrected chi connectivity index (χ4v) is 1.54. The predicted molar refractivity (Wildman–Crippen MR) is 55.7 cm³/mol. The average molecular weight is 188 g/mol. The van der Waals surface area contributed by atoms with E-state index in [2.05, 4.69) is 4.98 Å². The highest BCUT2D eigenvalue weighted by molar-refractivity contribution is 5.99. The van der Waals surface area contributed by atoms with E-state index in [0.717, 1.165) is 16.9 Å². The molecule has 14 heavy (non-hydrogen) atoms. The molecular weight excluding hydrogens is 176 g/mol. The summed E-state index contributed by atoms with van der Waals surface area (Å²) in [6.07, 6.45) is 1.99. The van der Waals surface area contributed by atoms with E-state index in [9.17, 15) is 0 Å². The minimum absolute atomic E-state index is 0.0134. The van der Waals surface area contributed by atoms with Crippen molar-refractivity contribution in [3.05, 3.63) is 35.4 Å². The summed E-state index contributed by atoms with van der Waals surface area (Å²) in [4.78, 5) is 4.24. The molecule has 0 aliphatic heterocycles. The Hall–Kier alpha value is -1.84. The van der Waals surface area contributed by atoms with Crippen molar-refractivity contribution in [3.63, 3.8) is 0 Å². The molecule has 4 nitrogen and oxygen atoms in total. The Morgan fingerprint density at radius 2 is 2.14 bits per heavy atom. The maximum Gasteiger partial charge on any atom is 0.144 e. The highest BCUT2D eigenvalue weighted by Gasteiger charge is 2.09. The first-order valence-electron chi connectivity index (χ1n) is 4.39. The standard InChI is InChI=1S/C10H12N4/c1-6-3-4-8-9(10(11)12)13-7(2)14(8)5-6/h3-5H,1-2H3,(H3,11,12). The number of nitrogens with two attached hydrogens (primary N) is 1. The van der Waals surface area contributed by atoms with E-state index in [1.54, 1.807) is 0 Å². The van der Waals surface area contributed by atoms with Gasteiger partial charge in [-0.2, -0.15) is 0 Å². The molecular formula is C10H12N4. The van der Waals surface area contributed by atoms with Crippen LogP contribution >= 0.6 is 0 Å². The van der Waals surface area contributed by atoms with Crippen LogP contribution in [0.2, 0.25) is 0 Å². The summed E-state index contributed by atoms with van der Waals surface area (Å²) in [5, 5.41) is 7.39. The Kier molecular flexibility index (Phi) is 1.77. The highest BCUT2D eigenvalue weighted by atomic mass is 15.0. The van der Waals surface area contributed by atoms with E-state index in [4.69, 9.17) is 11.1 Å². The summed E-state index contributed by atoms with van der Waals surface area (Å²) in [6, 6.07) is 3.93. The second kappa shape index (κ2) is 2.83. The van der Waals surface area contributed by atoms with Gasteiger partial charge in [-0.3, -0.25) is 5.41 Å². The number of aromatic nitrogens is 2. The van der Waals surface area contributed by atoms with Crippen molar-refractivity contribution in [2.45, 2.75) is 13.8 Å². The van der Waals surface area contributed by atoms with Crippen LogP contribution in [0.4, 0.5) is 0 Å². The normalized spacial score (nSPS) is 10.7. The molecule has 0 spiro atoms. The van der Waals surface area contributed by atoms with E-state index in [-0.39, 0.29) is 5.84 Å². The Bertz CT molecular complexity index is 510. The van der Waals surface area contributed by atoms with E-state index in [1.807, 2.05) is 36.6 Å². The molecule has 2 rings (SSSR count). The third kappa shape index (κ3) is 1.16. The van der Waals surface area contributed by atoms with Gasteiger partial charge in [-0.1, -0.05) is 6.07 Å². The lowest BCUT2D eigenvalue weighted by Crippen LogP contribution is -2.11. The third-order valence-electron chi connectivity index (χ3n) is 2.22. The maximum atomic E-state index is 7.39. The van der Waals surface area contributed by atoms with E-state index < -0.39 is 0 Å². The number of rotatable bonds is 1. The SMILES string of the molecule is Cc1ccc2c(C(=N)N)nc(C)n2c1. The predicted octanol–water partition coefficient (Wildman–Crippen LogP) is 1.24. The molecule has 0 radical (unpaired) electrons. The molecule has 2 aromatic heterocycles. The fourth-order valence-electron chi connectivity index (χ4n) is 1.54. The van der Waals surface area contributed by atoms with Gasteiger partial charge in [0.1, 0.15) is 17.4 Å². The number of imidazole rings is 1. The zero-order chi connectivity index (χ0) is 10.3. The average Bonchev–Trinajstić information content (AvgIpc) is 2.44. The molecule has 2 aromatic rings. The van der Waals surface area contributed by atoms with Crippen molar-refractivity contribution in [1.82, 2.24) is 9.38 Å². The van der Waals surface area contributed by atoms with Crippen LogP contribution in [-0.2, 0) is 0 Å². The van der Waals surface area contributed by atoms with E-state index in [0.29, 0.717) is 5.69 Å². The van der Waals surface area contributed by atoms with Crippen molar-refractivity contribution in [1.29, 1.82) is 5.41 Å². The molecule has 0 amide bonds. The summed E-state index contributed by atoms with van der Waals surface area (Å²) in [5.74, 6) is 0.869. The van der Waals surface area contributed by atoms with Gasteiger partial charge in [0.15, 0.2) is 0 Å². The molecule has 0 saturated heterocycles. The summed E-state index contributed by atoms with van der Waals surface area (Å²) in [5.41, 5.74) is 8.05. The number of aryl methyl sites for hydroxylation is 2. The third-order valence-corrected chi connectivity index (χ3v) is 2.22. The van der Waals surface area contributed by atoms with E-state index >= 15 is 0 Å². The largest absolute Gasteiger partial charge is 0.382 e. The monoisotopic (exact) mass is 188 g/mol. The molecule has 3 N–H and O–H groups in total. The minimum Gasteiger partial charge on any atom is -0.382 e. The lowest BCUT2D eigenvalue weighted by Gasteiger charge is -1.98. The topological polar surface area (TPSA) is 67.2 Å². The smallest absolute Gasteiger partial charge is 0.144 e. The number of nitrogens with one attached hydrogen (secondary N) is 1. The quantitative estimate of drug-likeness (QED) is 0.522. The fraction of sp³-hybridized carbons (Fsp3) is 0.200. The number of nitrogen functional groups attached to an aromatic ring is 1. The Balaban J connectivity index is 2.84. The zero-order valence-corrected chi connectivity index (χ0v) is 8.20. The lowest BCUT2D eigenvalue weighted by atomic mass is 10.2. The summed E-state index contributed by atoms with van der Waals surface area (Å²) in [6.45, 7) is 3.92. The van der Waals surface area contributed by atoms with Crippen molar-refractivity contribution in [2.75, 3.05) is 0 Å². The van der Waals surface area contributed by atoms with Gasteiger partial charge in [-0.25, -0.2) is 4.98 Å². The Labute approximate surface area is 81.9 Å². The molecule has 2 heterocycles. The number of hydrogen-bond acceptors (Lipinski definition) is 2. The maximum absolute atomic E-state index is 7.39. The van der Waals surface area contributed by atoms with Crippen LogP contribution in [0.15, 0.2) is 18.3 Å². The van der Waals surface area contributed by atoms with Crippen molar-refractivity contribution >= 4 is 11.4 Å². The Morgan fingerprint density at radius 3 is 2.79 bits per heavy atom. The summed E-state index contributed by atoms with van der Waals surface area (Å²) < 4.78 is 1.95. The second-order valence-corrected chi connectivity index (χ2v) is 3.38. The first-order chi connectivity index (χ1) is 6.59. The van der Waals surface area contributed by atoms with Crippen molar-refractivity contribution in [2.24, 2.45) is 5.73 Å². The first-order valence-corrected chi connectivity index (χ1v) is 4.39. The lowest BCUT2D eigenvalue weighted by molar-refractivity contribution is 1.03. The number of fused-ring (bicyclic) bond motifs is 1. The van der Waals surface area contributed by atoms with Crippen LogP contribution in [0.1, 0.15) is 17.1 Å². The summed E-state index contributed by atoms with van der Waals surface area (Å²) >= 11 is 0. The molecule has 4 heteroatoms. The van der Waals surface area contributed by atoms with Crippen LogP contribution in [0.25, 0.3) is 5.52 Å². The van der Waals surface area contributed by atoms with Gasteiger partial charge >= 0.3 is 0 Å². The van der Waals surface area contributed by atoms with Crippen LogP contribution in [0.3, 0.4) is 0 Å². The second-order valence-electron chi connectivity index (χ2n) is 3.38. The van der Waals surface area contributed by atoms with Gasteiger partial charge in [0.05, 0.1) is 5.52 Å². The van der Waals surface area contributed by atoms with Crippen LogP contribution in [0.5, 0.6) is 0 Å². The first kappa shape index (κ1) is 8.74. The molecule has 0 aromatic carbocycles. The molecule has 0 atom stereocenters. The molecule has 0 saturated carbocycles. The molecule has 0 unspecified atom stereocenters. The highest BCUT2D eigenvalue weighted by Crippen LogP contribution is 2.13. The molecule has 0 bridgehead atoms. The van der Waals surface area contributed by atoms with Gasteiger partial charge in [-0.05, 0) is 25.5 Å². The number of pyridine rings is 1. The number of amidine groups is 1. The van der Waals surface area contributed by atoms with Crippen molar-refractivity contribution < 1.29 is 0 Å². The van der Waals surface area contributed by atoms with Gasteiger partial charge in [0, 0.05) is 6.20 Å². The van der Waals surface area contributed by atoms with Crippen LogP contribution in [0, 0.1) is 19.3 Å². The van der Waals surface area contributed by atoms with Crippen LogP contribution in [-0.4, -0.2) is 15.2 Å². The molecule has 0 fully saturated rings. The van der Waals surface area contributed by atoms with Gasteiger partial charge in [0.25, 0.3) is 0 Å². The van der Waals surface area contributed by atoms with Crippen LogP contribution < -0.4 is 5.73 Å². The molecule has 0 aliphatic rings. The minimum atomic E-state index is 0.0134. The molecule has 0 aliphatic carbocycles. The van der Waals surface area contributed by atoms with Gasteiger partial charge < -0.3 is 10.1 Å². The van der Waals surface area contributed by atoms with Gasteiger partial charge in [0.2, 0.25) is 0 Å².